The number of rotatable bonds is 9. The summed E-state index contributed by atoms with van der Waals surface area (Å²) in [7, 11) is -3.92. The van der Waals surface area contributed by atoms with Gasteiger partial charge in [-0.1, -0.05) is 35.2 Å². The minimum Gasteiger partial charge on any atom is -0.299 e. The van der Waals surface area contributed by atoms with Gasteiger partial charge in [0, 0.05) is 17.9 Å². The zero-order valence-electron chi connectivity index (χ0n) is 15.9. The summed E-state index contributed by atoms with van der Waals surface area (Å²) in [6, 6.07) is 2.66. The monoisotopic (exact) mass is 457 g/mol. The highest BCUT2D eigenvalue weighted by atomic mass is 32.2. The molecule has 0 saturated carbocycles. The van der Waals surface area contributed by atoms with Crippen molar-refractivity contribution in [3.63, 3.8) is 0 Å². The number of nitro groups is 1. The molecule has 29 heavy (non-hydrogen) atoms. The number of thioether (sulfide) groups is 1. The first-order valence-electron chi connectivity index (χ1n) is 8.17. The van der Waals surface area contributed by atoms with Crippen molar-refractivity contribution in [2.24, 2.45) is 0 Å². The molecule has 1 amide bonds. The Balaban J connectivity index is 2.32. The van der Waals surface area contributed by atoms with Crippen LogP contribution in [0.2, 0.25) is 0 Å². The number of nitrogens with one attached hydrogen (secondary N) is 1. The Labute approximate surface area is 176 Å². The molecule has 1 heterocycles. The first kappa shape index (κ1) is 22.8. The van der Waals surface area contributed by atoms with Gasteiger partial charge in [0.15, 0.2) is 4.34 Å². The minimum atomic E-state index is -3.92. The van der Waals surface area contributed by atoms with E-state index in [1.807, 2.05) is 0 Å². The van der Waals surface area contributed by atoms with E-state index in [1.54, 1.807) is 13.0 Å². The Hall–Kier alpha value is -2.51. The number of hydrogen-bond donors (Lipinski definition) is 1. The van der Waals surface area contributed by atoms with Crippen LogP contribution in [0, 0.1) is 17.0 Å². The fourth-order valence-corrected chi connectivity index (χ4v) is 5.13. The summed E-state index contributed by atoms with van der Waals surface area (Å²) in [6.07, 6.45) is 2.64. The summed E-state index contributed by atoms with van der Waals surface area (Å²) in [6.45, 7) is 6.61. The van der Waals surface area contributed by atoms with Crippen LogP contribution in [-0.4, -0.2) is 47.5 Å². The van der Waals surface area contributed by atoms with Crippen LogP contribution < -0.4 is 9.62 Å². The second kappa shape index (κ2) is 9.33. The van der Waals surface area contributed by atoms with E-state index in [2.05, 4.69) is 22.1 Å². The second-order valence-corrected chi connectivity index (χ2v) is 10.0. The number of carbonyl (C=O) groups excluding carboxylic acids is 1. The summed E-state index contributed by atoms with van der Waals surface area (Å²) in [5, 5.41) is 21.6. The largest absolute Gasteiger partial charge is 0.299 e. The lowest BCUT2D eigenvalue weighted by Crippen LogP contribution is -2.45. The van der Waals surface area contributed by atoms with E-state index in [0.29, 0.717) is 15.7 Å². The Morgan fingerprint density at radius 3 is 2.76 bits per heavy atom. The predicted octanol–water partition coefficient (Wildman–Crippen LogP) is 2.83. The van der Waals surface area contributed by atoms with E-state index in [9.17, 15) is 23.3 Å². The normalized spacial score (nSPS) is 12.2. The number of amides is 1. The van der Waals surface area contributed by atoms with Crippen LogP contribution in [0.5, 0.6) is 0 Å². The van der Waals surface area contributed by atoms with Crippen molar-refractivity contribution in [2.75, 3.05) is 21.6 Å². The van der Waals surface area contributed by atoms with E-state index in [-0.39, 0.29) is 16.5 Å². The molecule has 0 aliphatic carbocycles. The quantitative estimate of drug-likeness (QED) is 0.200. The lowest BCUT2D eigenvalue weighted by atomic mass is 10.1. The predicted molar refractivity (Wildman–Crippen MR) is 114 cm³/mol. The van der Waals surface area contributed by atoms with Crippen molar-refractivity contribution in [3.05, 3.63) is 46.5 Å². The van der Waals surface area contributed by atoms with Gasteiger partial charge in [0.25, 0.3) is 5.69 Å². The van der Waals surface area contributed by atoms with Gasteiger partial charge in [0.2, 0.25) is 21.1 Å². The third-order valence-corrected chi connectivity index (χ3v) is 6.89. The van der Waals surface area contributed by atoms with Crippen molar-refractivity contribution in [1.29, 1.82) is 0 Å². The average molecular weight is 458 g/mol. The number of carbonyl (C=O) groups is 1. The molecule has 0 aliphatic heterocycles. The number of sulfonamides is 1. The molecule has 2 aromatic rings. The molecule has 0 saturated heterocycles. The van der Waals surface area contributed by atoms with Crippen LogP contribution in [0.15, 0.2) is 35.2 Å². The molecule has 0 spiro atoms. The van der Waals surface area contributed by atoms with Gasteiger partial charge in [-0.05, 0) is 19.4 Å². The van der Waals surface area contributed by atoms with Gasteiger partial charge in [-0.15, -0.1) is 16.8 Å². The highest BCUT2D eigenvalue weighted by Crippen LogP contribution is 2.30. The maximum atomic E-state index is 12.7. The molecule has 1 aromatic heterocycles. The molecule has 2 rings (SSSR count). The zero-order valence-corrected chi connectivity index (χ0v) is 18.3. The Morgan fingerprint density at radius 1 is 1.48 bits per heavy atom. The van der Waals surface area contributed by atoms with Crippen LogP contribution in [0.25, 0.3) is 0 Å². The minimum absolute atomic E-state index is 0.0591. The van der Waals surface area contributed by atoms with Crippen molar-refractivity contribution < 1.29 is 18.1 Å². The summed E-state index contributed by atoms with van der Waals surface area (Å²) in [5.74, 6) is -0.00912. The lowest BCUT2D eigenvalue weighted by Gasteiger charge is -2.29. The molecule has 0 unspecified atom stereocenters. The number of anilines is 2. The fraction of sp³-hybridized carbons (Fsp3) is 0.312. The number of benzene rings is 1. The highest BCUT2D eigenvalue weighted by Gasteiger charge is 2.31. The fourth-order valence-electron chi connectivity index (χ4n) is 2.39. The number of nitrogens with zero attached hydrogens (tertiary/aromatic N) is 4. The molecule has 1 atom stereocenters. The van der Waals surface area contributed by atoms with Gasteiger partial charge >= 0.3 is 0 Å². The highest BCUT2D eigenvalue weighted by molar-refractivity contribution is 8.01. The molecule has 0 radical (unpaired) electrons. The van der Waals surface area contributed by atoms with Gasteiger partial charge in [-0.25, -0.2) is 8.42 Å². The zero-order chi connectivity index (χ0) is 21.8. The molecule has 1 aromatic carbocycles. The first-order chi connectivity index (χ1) is 13.5. The number of aromatic nitrogens is 2. The Morgan fingerprint density at radius 2 is 2.17 bits per heavy atom. The third kappa shape index (κ3) is 5.74. The summed E-state index contributed by atoms with van der Waals surface area (Å²) in [4.78, 5) is 23.2. The summed E-state index contributed by atoms with van der Waals surface area (Å²) < 4.78 is 26.3. The van der Waals surface area contributed by atoms with E-state index < -0.39 is 26.9 Å². The van der Waals surface area contributed by atoms with Crippen LogP contribution in [0.3, 0.4) is 0 Å². The van der Waals surface area contributed by atoms with Crippen molar-refractivity contribution in [2.45, 2.75) is 24.2 Å². The number of hydrogen-bond acceptors (Lipinski definition) is 9. The van der Waals surface area contributed by atoms with Crippen LogP contribution in [0.4, 0.5) is 16.5 Å². The number of non-ortho nitro benzene ring substituents is 1. The van der Waals surface area contributed by atoms with Crippen LogP contribution in [-0.2, 0) is 14.8 Å². The number of nitro benzene ring substituents is 1. The van der Waals surface area contributed by atoms with Gasteiger partial charge in [-0.2, -0.15) is 0 Å². The molecule has 156 valence electrons. The molecule has 0 fully saturated rings. The topological polar surface area (TPSA) is 135 Å². The van der Waals surface area contributed by atoms with Crippen molar-refractivity contribution in [1.82, 2.24) is 10.2 Å². The van der Waals surface area contributed by atoms with Gasteiger partial charge < -0.3 is 0 Å². The molecular weight excluding hydrogens is 438 g/mol. The number of aryl methyl sites for hydroxylation is 1. The molecule has 10 nitrogen and oxygen atoms in total. The van der Waals surface area contributed by atoms with E-state index in [1.165, 1.54) is 30.8 Å². The van der Waals surface area contributed by atoms with Gasteiger partial charge in [0.1, 0.15) is 6.04 Å². The lowest BCUT2D eigenvalue weighted by molar-refractivity contribution is -0.384. The average Bonchev–Trinajstić information content (AvgIpc) is 3.07. The Kier molecular flexibility index (Phi) is 7.32. The van der Waals surface area contributed by atoms with E-state index >= 15 is 0 Å². The summed E-state index contributed by atoms with van der Waals surface area (Å²) >= 11 is 2.54. The van der Waals surface area contributed by atoms with Crippen LogP contribution in [0.1, 0.15) is 12.5 Å². The molecular formula is C16H19N5O5S3. The maximum absolute atomic E-state index is 12.7. The smallest absolute Gasteiger partial charge is 0.271 e. The van der Waals surface area contributed by atoms with E-state index in [0.717, 1.165) is 28.0 Å². The van der Waals surface area contributed by atoms with E-state index in [4.69, 9.17) is 0 Å². The molecule has 0 bridgehead atoms. The first-order valence-corrected chi connectivity index (χ1v) is 11.8. The third-order valence-electron chi connectivity index (χ3n) is 3.69. The molecule has 0 aliphatic rings. The second-order valence-electron chi connectivity index (χ2n) is 5.92. The molecule has 13 heteroatoms. The maximum Gasteiger partial charge on any atom is 0.271 e. The SMILES string of the molecule is C=CCSc1nnc(NC(=O)[C@H](C)N(c2cc([N+](=O)[O-])ccc2C)S(C)(=O)=O)s1. The van der Waals surface area contributed by atoms with Crippen molar-refractivity contribution >= 4 is 55.5 Å². The van der Waals surface area contributed by atoms with Gasteiger partial charge in [-0.3, -0.25) is 24.5 Å². The molecule has 1 N–H and O–H groups in total. The van der Waals surface area contributed by atoms with Crippen molar-refractivity contribution in [3.8, 4) is 0 Å². The Bertz CT molecular complexity index is 1040. The van der Waals surface area contributed by atoms with Crippen LogP contribution >= 0.6 is 23.1 Å². The summed E-state index contributed by atoms with van der Waals surface area (Å²) in [5.41, 5.74) is 0.253. The van der Waals surface area contributed by atoms with Gasteiger partial charge in [0.05, 0.1) is 16.9 Å². The standard InChI is InChI=1S/C16H19N5O5S3/c1-5-8-27-16-19-18-15(28-16)17-14(22)11(3)20(29(4,25)26)13-9-12(21(23)24)7-6-10(13)2/h5-7,9,11H,1,8H2,2-4H3,(H,17,18,22)/t11-/m0/s1.